The third-order valence-corrected chi connectivity index (χ3v) is 4.96. The summed E-state index contributed by atoms with van der Waals surface area (Å²) < 4.78 is 64.5. The number of aromatic nitrogens is 2. The molecule has 2 heterocycles. The molecular weight excluding hydrogens is 393 g/mol. The Kier molecular flexibility index (Phi) is 5.44. The molecule has 1 saturated heterocycles. The maximum absolute atomic E-state index is 13.6. The van der Waals surface area contributed by atoms with E-state index in [4.69, 9.17) is 0 Å². The Balaban J connectivity index is 1.52. The third kappa shape index (κ3) is 4.62. The lowest BCUT2D eigenvalue weighted by molar-refractivity contribution is -0.138. The van der Waals surface area contributed by atoms with Gasteiger partial charge in [-0.15, -0.1) is 10.2 Å². The number of rotatable bonds is 3. The average Bonchev–Trinajstić information content (AvgIpc) is 3.13. The number of hydrogen-bond acceptors (Lipinski definition) is 5. The Morgan fingerprint density at radius 1 is 1.15 bits per heavy atom. The van der Waals surface area contributed by atoms with Gasteiger partial charge >= 0.3 is 12.2 Å². The molecule has 1 aromatic carbocycles. The molecule has 1 fully saturated rings. The first kappa shape index (κ1) is 19.3. The molecule has 2 amide bonds. The summed E-state index contributed by atoms with van der Waals surface area (Å²) in [7, 11) is 0. The number of halogens is 5. The molecule has 1 N–H and O–H groups in total. The van der Waals surface area contributed by atoms with Gasteiger partial charge in [0, 0.05) is 38.3 Å². The van der Waals surface area contributed by atoms with Crippen LogP contribution < -0.4 is 10.2 Å². The lowest BCUT2D eigenvalue weighted by Gasteiger charge is -2.34. The standard InChI is InChI=1S/C15H14F5N5OS/c16-10-1-2-11(17)9(7-10)8-21-13(26)24-3-5-25(6-4-24)14-23-22-12(27-14)15(18,19)20/h1-2,7H,3-6,8H2,(H,21,26). The summed E-state index contributed by atoms with van der Waals surface area (Å²) >= 11 is 0.449. The summed E-state index contributed by atoms with van der Waals surface area (Å²) in [6.45, 7) is 0.896. The van der Waals surface area contributed by atoms with Gasteiger partial charge in [-0.3, -0.25) is 0 Å². The van der Waals surface area contributed by atoms with Crippen LogP contribution in [0.15, 0.2) is 18.2 Å². The van der Waals surface area contributed by atoms with E-state index in [0.717, 1.165) is 18.2 Å². The van der Waals surface area contributed by atoms with Crippen LogP contribution in [0.25, 0.3) is 0 Å². The number of carbonyl (C=O) groups excluding carboxylic acids is 1. The number of alkyl halides is 3. The molecule has 0 radical (unpaired) electrons. The number of hydrogen-bond donors (Lipinski definition) is 1. The molecule has 27 heavy (non-hydrogen) atoms. The fourth-order valence-corrected chi connectivity index (χ4v) is 3.28. The van der Waals surface area contributed by atoms with E-state index in [2.05, 4.69) is 15.5 Å². The number of piperazine rings is 1. The molecule has 0 unspecified atom stereocenters. The van der Waals surface area contributed by atoms with Crippen molar-refractivity contribution in [2.24, 2.45) is 0 Å². The molecule has 0 aliphatic carbocycles. The van der Waals surface area contributed by atoms with Crippen molar-refractivity contribution in [1.82, 2.24) is 20.4 Å². The smallest absolute Gasteiger partial charge is 0.343 e. The van der Waals surface area contributed by atoms with Crippen LogP contribution in [0.3, 0.4) is 0 Å². The van der Waals surface area contributed by atoms with Crippen LogP contribution in [-0.4, -0.2) is 47.3 Å². The van der Waals surface area contributed by atoms with Gasteiger partial charge in [0.1, 0.15) is 11.6 Å². The zero-order valence-electron chi connectivity index (χ0n) is 13.8. The van der Waals surface area contributed by atoms with E-state index in [0.29, 0.717) is 11.3 Å². The van der Waals surface area contributed by atoms with Crippen molar-refractivity contribution in [2.45, 2.75) is 12.7 Å². The van der Waals surface area contributed by atoms with Gasteiger partial charge in [-0.25, -0.2) is 13.6 Å². The molecule has 146 valence electrons. The molecule has 12 heteroatoms. The molecular formula is C15H14F5N5OS. The van der Waals surface area contributed by atoms with Gasteiger partial charge in [-0.2, -0.15) is 13.2 Å². The molecule has 0 spiro atoms. The highest BCUT2D eigenvalue weighted by Gasteiger charge is 2.36. The van der Waals surface area contributed by atoms with Gasteiger partial charge in [-0.1, -0.05) is 11.3 Å². The van der Waals surface area contributed by atoms with Crippen molar-refractivity contribution < 1.29 is 26.7 Å². The summed E-state index contributed by atoms with van der Waals surface area (Å²) in [5, 5.41) is 8.31. The van der Waals surface area contributed by atoms with Crippen LogP contribution in [0.1, 0.15) is 10.6 Å². The second-order valence-corrected chi connectivity index (χ2v) is 6.71. The van der Waals surface area contributed by atoms with Crippen LogP contribution in [0, 0.1) is 11.6 Å². The molecule has 0 saturated carbocycles. The largest absolute Gasteiger partial charge is 0.445 e. The summed E-state index contributed by atoms with van der Waals surface area (Å²) in [4.78, 5) is 15.2. The van der Waals surface area contributed by atoms with Crippen molar-refractivity contribution in [1.29, 1.82) is 0 Å². The Morgan fingerprint density at radius 2 is 1.85 bits per heavy atom. The number of benzene rings is 1. The quantitative estimate of drug-likeness (QED) is 0.795. The van der Waals surface area contributed by atoms with E-state index in [9.17, 15) is 26.7 Å². The van der Waals surface area contributed by atoms with E-state index in [1.807, 2.05) is 0 Å². The summed E-state index contributed by atoms with van der Waals surface area (Å²) in [6, 6.07) is 2.50. The van der Waals surface area contributed by atoms with E-state index in [-0.39, 0.29) is 43.4 Å². The Bertz CT molecular complexity index is 819. The fourth-order valence-electron chi connectivity index (χ4n) is 2.52. The highest BCUT2D eigenvalue weighted by Crippen LogP contribution is 2.34. The van der Waals surface area contributed by atoms with Gasteiger partial charge in [0.2, 0.25) is 10.1 Å². The number of nitrogens with zero attached hydrogens (tertiary/aromatic N) is 4. The monoisotopic (exact) mass is 407 g/mol. The SMILES string of the molecule is O=C(NCc1cc(F)ccc1F)N1CCN(c2nnc(C(F)(F)F)s2)CC1. The Morgan fingerprint density at radius 3 is 2.48 bits per heavy atom. The van der Waals surface area contributed by atoms with Crippen LogP contribution >= 0.6 is 11.3 Å². The first-order valence-corrected chi connectivity index (χ1v) is 8.68. The molecule has 3 rings (SSSR count). The van der Waals surface area contributed by atoms with Crippen LogP contribution in [-0.2, 0) is 12.7 Å². The molecule has 6 nitrogen and oxygen atoms in total. The first-order chi connectivity index (χ1) is 12.7. The van der Waals surface area contributed by atoms with Crippen molar-refractivity contribution in [3.05, 3.63) is 40.4 Å². The minimum Gasteiger partial charge on any atom is -0.343 e. The lowest BCUT2D eigenvalue weighted by Crippen LogP contribution is -2.51. The maximum Gasteiger partial charge on any atom is 0.445 e. The van der Waals surface area contributed by atoms with Crippen molar-refractivity contribution >= 4 is 22.5 Å². The molecule has 0 bridgehead atoms. The summed E-state index contributed by atoms with van der Waals surface area (Å²) in [6.07, 6.45) is -4.54. The number of amides is 2. The normalized spacial score (nSPS) is 15.1. The van der Waals surface area contributed by atoms with Gasteiger partial charge in [0.05, 0.1) is 0 Å². The summed E-state index contributed by atoms with van der Waals surface area (Å²) in [5.74, 6) is -1.23. The van der Waals surface area contributed by atoms with E-state index in [1.54, 1.807) is 4.90 Å². The highest BCUT2D eigenvalue weighted by molar-refractivity contribution is 7.15. The number of urea groups is 1. The van der Waals surface area contributed by atoms with Crippen LogP contribution in [0.2, 0.25) is 0 Å². The van der Waals surface area contributed by atoms with Gasteiger partial charge < -0.3 is 15.1 Å². The van der Waals surface area contributed by atoms with E-state index in [1.165, 1.54) is 4.90 Å². The average molecular weight is 407 g/mol. The molecule has 1 aliphatic heterocycles. The molecule has 2 aromatic rings. The van der Waals surface area contributed by atoms with Gasteiger partial charge in [-0.05, 0) is 18.2 Å². The third-order valence-electron chi connectivity index (χ3n) is 3.93. The van der Waals surface area contributed by atoms with Crippen molar-refractivity contribution in [2.75, 3.05) is 31.1 Å². The zero-order chi connectivity index (χ0) is 19.6. The van der Waals surface area contributed by atoms with E-state index >= 15 is 0 Å². The van der Waals surface area contributed by atoms with E-state index < -0.39 is 28.8 Å². The minimum absolute atomic E-state index is 0.0236. The number of anilines is 1. The topological polar surface area (TPSA) is 61.4 Å². The van der Waals surface area contributed by atoms with Gasteiger partial charge in [0.15, 0.2) is 0 Å². The first-order valence-electron chi connectivity index (χ1n) is 7.86. The highest BCUT2D eigenvalue weighted by atomic mass is 32.1. The fraction of sp³-hybridized carbons (Fsp3) is 0.400. The molecule has 1 aliphatic rings. The predicted octanol–water partition coefficient (Wildman–Crippen LogP) is 2.87. The zero-order valence-corrected chi connectivity index (χ0v) is 14.6. The van der Waals surface area contributed by atoms with Crippen LogP contribution in [0.4, 0.5) is 31.9 Å². The number of carbonyl (C=O) groups is 1. The minimum atomic E-state index is -4.54. The second kappa shape index (κ2) is 7.62. The molecule has 1 aromatic heterocycles. The Hall–Kier alpha value is -2.50. The van der Waals surface area contributed by atoms with Crippen molar-refractivity contribution in [3.63, 3.8) is 0 Å². The van der Waals surface area contributed by atoms with Gasteiger partial charge in [0.25, 0.3) is 0 Å². The molecule has 0 atom stereocenters. The number of nitrogens with one attached hydrogen (secondary N) is 1. The summed E-state index contributed by atoms with van der Waals surface area (Å²) in [5.41, 5.74) is 0.0236. The lowest BCUT2D eigenvalue weighted by atomic mass is 10.2. The van der Waals surface area contributed by atoms with Crippen molar-refractivity contribution in [3.8, 4) is 0 Å². The maximum atomic E-state index is 13.6. The second-order valence-electron chi connectivity index (χ2n) is 5.76. The predicted molar refractivity (Wildman–Crippen MR) is 87.3 cm³/mol. The van der Waals surface area contributed by atoms with Crippen LogP contribution in [0.5, 0.6) is 0 Å². The Labute approximate surface area is 154 Å².